The van der Waals surface area contributed by atoms with Gasteiger partial charge < -0.3 is 14.4 Å². The normalized spacial score (nSPS) is 15.4. The molecule has 0 bridgehead atoms. The molecule has 0 N–H and O–H groups in total. The summed E-state index contributed by atoms with van der Waals surface area (Å²) >= 11 is 0. The van der Waals surface area contributed by atoms with Crippen LogP contribution in [0.25, 0.3) is 0 Å². The number of piperidine rings is 1. The van der Waals surface area contributed by atoms with Crippen molar-refractivity contribution in [2.45, 2.75) is 39.0 Å². The Morgan fingerprint density at radius 1 is 1.18 bits per heavy atom. The molecule has 3 rings (SSSR count). The van der Waals surface area contributed by atoms with Gasteiger partial charge in [0.25, 0.3) is 5.91 Å². The van der Waals surface area contributed by atoms with Gasteiger partial charge in [0.05, 0.1) is 19.4 Å². The molecule has 1 amide bonds. The van der Waals surface area contributed by atoms with Crippen LogP contribution < -0.4 is 9.47 Å². The Kier molecular flexibility index (Phi) is 6.11. The summed E-state index contributed by atoms with van der Waals surface area (Å²) in [6.45, 7) is 8.29. The third-order valence-electron chi connectivity index (χ3n) is 4.97. The fourth-order valence-corrected chi connectivity index (χ4v) is 3.19. The lowest BCUT2D eigenvalue weighted by Gasteiger charge is -2.32. The Morgan fingerprint density at radius 3 is 2.54 bits per heavy atom. The van der Waals surface area contributed by atoms with E-state index >= 15 is 0 Å². The average Bonchev–Trinajstić information content (AvgIpc) is 2.71. The molecule has 1 aliphatic heterocycles. The van der Waals surface area contributed by atoms with Gasteiger partial charge in [-0.25, -0.2) is 4.98 Å². The second kappa shape index (κ2) is 8.54. The SMILES string of the molecule is COc1ncccc1C(=O)N1CCC(COc2ccc(C(C)(C)C)nn2)CC1. The van der Waals surface area contributed by atoms with Crippen LogP contribution in [0, 0.1) is 5.92 Å². The molecule has 28 heavy (non-hydrogen) atoms. The molecule has 2 aromatic rings. The zero-order valence-electron chi connectivity index (χ0n) is 17.0. The van der Waals surface area contributed by atoms with E-state index in [4.69, 9.17) is 9.47 Å². The fourth-order valence-electron chi connectivity index (χ4n) is 3.19. The highest BCUT2D eigenvalue weighted by molar-refractivity contribution is 5.96. The number of methoxy groups -OCH3 is 1. The molecule has 0 unspecified atom stereocenters. The maximum Gasteiger partial charge on any atom is 0.259 e. The van der Waals surface area contributed by atoms with Crippen molar-refractivity contribution in [2.24, 2.45) is 5.92 Å². The summed E-state index contributed by atoms with van der Waals surface area (Å²) in [6, 6.07) is 7.34. The van der Waals surface area contributed by atoms with E-state index in [1.165, 1.54) is 7.11 Å². The topological polar surface area (TPSA) is 77.4 Å². The highest BCUT2D eigenvalue weighted by Crippen LogP contribution is 2.24. The molecule has 2 aromatic heterocycles. The summed E-state index contributed by atoms with van der Waals surface area (Å²) in [4.78, 5) is 18.7. The van der Waals surface area contributed by atoms with Crippen LogP contribution in [0.15, 0.2) is 30.5 Å². The molecule has 7 nitrogen and oxygen atoms in total. The number of hydrogen-bond acceptors (Lipinski definition) is 6. The minimum absolute atomic E-state index is 0.0259. The molecular weight excluding hydrogens is 356 g/mol. The predicted molar refractivity (Wildman–Crippen MR) is 106 cm³/mol. The van der Waals surface area contributed by atoms with Crippen LogP contribution in [0.1, 0.15) is 49.7 Å². The number of carbonyl (C=O) groups excluding carboxylic acids is 1. The summed E-state index contributed by atoms with van der Waals surface area (Å²) < 4.78 is 11.0. The van der Waals surface area contributed by atoms with Crippen molar-refractivity contribution in [3.63, 3.8) is 0 Å². The molecular formula is C21H28N4O3. The maximum atomic E-state index is 12.7. The first-order valence-corrected chi connectivity index (χ1v) is 9.64. The number of pyridine rings is 1. The number of aromatic nitrogens is 3. The van der Waals surface area contributed by atoms with Crippen molar-refractivity contribution in [3.8, 4) is 11.8 Å². The van der Waals surface area contributed by atoms with Gasteiger partial charge in [0, 0.05) is 30.8 Å². The van der Waals surface area contributed by atoms with Gasteiger partial charge in [0.15, 0.2) is 0 Å². The summed E-state index contributed by atoms with van der Waals surface area (Å²) in [7, 11) is 1.53. The monoisotopic (exact) mass is 384 g/mol. The number of ether oxygens (including phenoxy) is 2. The number of likely N-dealkylation sites (tertiary alicyclic amines) is 1. The zero-order valence-corrected chi connectivity index (χ0v) is 17.0. The molecule has 3 heterocycles. The lowest BCUT2D eigenvalue weighted by atomic mass is 9.92. The van der Waals surface area contributed by atoms with Gasteiger partial charge in [0.1, 0.15) is 5.56 Å². The lowest BCUT2D eigenvalue weighted by Crippen LogP contribution is -2.39. The second-order valence-corrected chi connectivity index (χ2v) is 8.11. The number of amides is 1. The number of nitrogens with zero attached hydrogens (tertiary/aromatic N) is 4. The summed E-state index contributed by atoms with van der Waals surface area (Å²) in [5.74, 6) is 1.28. The van der Waals surface area contributed by atoms with E-state index in [1.807, 2.05) is 17.0 Å². The van der Waals surface area contributed by atoms with E-state index in [-0.39, 0.29) is 11.3 Å². The van der Waals surface area contributed by atoms with Gasteiger partial charge in [-0.3, -0.25) is 4.79 Å². The van der Waals surface area contributed by atoms with Crippen LogP contribution >= 0.6 is 0 Å². The average molecular weight is 384 g/mol. The van der Waals surface area contributed by atoms with Crippen molar-refractivity contribution < 1.29 is 14.3 Å². The molecule has 0 saturated carbocycles. The molecule has 0 aromatic carbocycles. The van der Waals surface area contributed by atoms with Crippen molar-refractivity contribution in [1.82, 2.24) is 20.1 Å². The van der Waals surface area contributed by atoms with Gasteiger partial charge in [-0.05, 0) is 37.0 Å². The first kappa shape index (κ1) is 20.0. The van der Waals surface area contributed by atoms with Crippen LogP contribution in [-0.4, -0.2) is 52.8 Å². The van der Waals surface area contributed by atoms with Gasteiger partial charge in [-0.15, -0.1) is 5.10 Å². The van der Waals surface area contributed by atoms with Crippen LogP contribution in [0.5, 0.6) is 11.8 Å². The molecule has 7 heteroatoms. The summed E-state index contributed by atoms with van der Waals surface area (Å²) in [6.07, 6.45) is 3.40. The first-order chi connectivity index (χ1) is 13.4. The molecule has 1 aliphatic rings. The van der Waals surface area contributed by atoms with Crippen LogP contribution in [-0.2, 0) is 5.41 Å². The minimum atomic E-state index is -0.0343. The van der Waals surface area contributed by atoms with E-state index in [1.54, 1.807) is 18.3 Å². The van der Waals surface area contributed by atoms with E-state index in [2.05, 4.69) is 36.0 Å². The number of rotatable bonds is 5. The lowest BCUT2D eigenvalue weighted by molar-refractivity contribution is 0.0655. The standard InChI is InChI=1S/C21H28N4O3/c1-21(2,3)17-7-8-18(24-23-17)28-14-15-9-12-25(13-10-15)20(26)16-6-5-11-22-19(16)27-4/h5-8,11,15H,9-10,12-14H2,1-4H3. The Morgan fingerprint density at radius 2 is 1.93 bits per heavy atom. The number of carbonyl (C=O) groups is 1. The van der Waals surface area contributed by atoms with Crippen LogP contribution in [0.2, 0.25) is 0 Å². The minimum Gasteiger partial charge on any atom is -0.480 e. The fraction of sp³-hybridized carbons (Fsp3) is 0.524. The summed E-state index contributed by atoms with van der Waals surface area (Å²) in [5, 5.41) is 8.43. The molecule has 1 saturated heterocycles. The smallest absolute Gasteiger partial charge is 0.259 e. The van der Waals surface area contributed by atoms with Gasteiger partial charge in [0.2, 0.25) is 11.8 Å². The third kappa shape index (κ3) is 4.77. The first-order valence-electron chi connectivity index (χ1n) is 9.64. The van der Waals surface area contributed by atoms with Crippen molar-refractivity contribution in [1.29, 1.82) is 0 Å². The van der Waals surface area contributed by atoms with Crippen molar-refractivity contribution in [2.75, 3.05) is 26.8 Å². The Balaban J connectivity index is 1.50. The Bertz CT molecular complexity index is 794. The second-order valence-electron chi connectivity index (χ2n) is 8.11. The van der Waals surface area contributed by atoms with Crippen LogP contribution in [0.3, 0.4) is 0 Å². The number of hydrogen-bond donors (Lipinski definition) is 0. The predicted octanol–water partition coefficient (Wildman–Crippen LogP) is 3.11. The molecule has 0 aliphatic carbocycles. The Labute approximate surface area is 166 Å². The van der Waals surface area contributed by atoms with E-state index in [0.29, 0.717) is 42.9 Å². The van der Waals surface area contributed by atoms with Crippen molar-refractivity contribution in [3.05, 3.63) is 41.7 Å². The molecule has 150 valence electrons. The highest BCUT2D eigenvalue weighted by atomic mass is 16.5. The summed E-state index contributed by atoms with van der Waals surface area (Å²) in [5.41, 5.74) is 1.42. The van der Waals surface area contributed by atoms with Crippen molar-refractivity contribution >= 4 is 5.91 Å². The molecule has 0 atom stereocenters. The quantitative estimate of drug-likeness (QED) is 0.788. The largest absolute Gasteiger partial charge is 0.480 e. The van der Waals surface area contributed by atoms with E-state index < -0.39 is 0 Å². The third-order valence-corrected chi connectivity index (χ3v) is 4.97. The highest BCUT2D eigenvalue weighted by Gasteiger charge is 2.26. The molecule has 0 radical (unpaired) electrons. The molecule has 1 fully saturated rings. The van der Waals surface area contributed by atoms with E-state index in [9.17, 15) is 4.79 Å². The van der Waals surface area contributed by atoms with Gasteiger partial charge >= 0.3 is 0 Å². The van der Waals surface area contributed by atoms with Crippen LogP contribution in [0.4, 0.5) is 0 Å². The maximum absolute atomic E-state index is 12.7. The Hall–Kier alpha value is -2.70. The van der Waals surface area contributed by atoms with Gasteiger partial charge in [-0.2, -0.15) is 5.10 Å². The molecule has 0 spiro atoms. The van der Waals surface area contributed by atoms with Gasteiger partial charge in [-0.1, -0.05) is 20.8 Å². The zero-order chi connectivity index (χ0) is 20.1. The van der Waals surface area contributed by atoms with E-state index in [0.717, 1.165) is 18.5 Å².